The molecule has 0 aliphatic rings. The smallest absolute Gasteiger partial charge is 0.228 e. The number of nitrogens with zero attached hydrogens (tertiary/aromatic N) is 2. The molecule has 3 nitrogen and oxygen atoms in total. The Bertz CT molecular complexity index is 714. The minimum absolute atomic E-state index is 0.418. The number of anilines is 2. The molecule has 2 aromatic carbocycles. The average Bonchev–Trinajstić information content (AvgIpc) is 2.48. The van der Waals surface area contributed by atoms with E-state index < -0.39 is 0 Å². The molecule has 98 valence electrons. The number of rotatable bonds is 3. The van der Waals surface area contributed by atoms with Crippen molar-refractivity contribution in [3.05, 3.63) is 72.0 Å². The van der Waals surface area contributed by atoms with Gasteiger partial charge in [0.15, 0.2) is 0 Å². The monoisotopic (exact) mass is 281 g/mol. The van der Waals surface area contributed by atoms with E-state index in [-0.39, 0.29) is 0 Å². The van der Waals surface area contributed by atoms with Crippen LogP contribution in [0.4, 0.5) is 11.6 Å². The van der Waals surface area contributed by atoms with E-state index in [4.69, 9.17) is 11.6 Å². The second-order valence-corrected chi connectivity index (χ2v) is 4.66. The number of nitrogens with one attached hydrogen (secondary N) is 1. The van der Waals surface area contributed by atoms with E-state index in [1.807, 2.05) is 30.3 Å². The van der Waals surface area contributed by atoms with E-state index in [1.54, 1.807) is 12.3 Å². The Hall–Kier alpha value is -2.39. The second kappa shape index (κ2) is 5.72. The van der Waals surface area contributed by atoms with Crippen molar-refractivity contribution in [3.63, 3.8) is 0 Å². The van der Waals surface area contributed by atoms with Gasteiger partial charge < -0.3 is 5.32 Å². The van der Waals surface area contributed by atoms with Gasteiger partial charge in [-0.3, -0.25) is 0 Å². The van der Waals surface area contributed by atoms with Gasteiger partial charge in [0.2, 0.25) is 5.95 Å². The van der Waals surface area contributed by atoms with E-state index in [0.717, 1.165) is 11.3 Å². The lowest BCUT2D eigenvalue weighted by molar-refractivity contribution is 1.17. The predicted octanol–water partition coefficient (Wildman–Crippen LogP) is 4.54. The summed E-state index contributed by atoms with van der Waals surface area (Å²) in [7, 11) is 0. The van der Waals surface area contributed by atoms with Crippen molar-refractivity contribution in [2.24, 2.45) is 0 Å². The third-order valence-corrected chi connectivity index (χ3v) is 3.06. The maximum atomic E-state index is 5.85. The van der Waals surface area contributed by atoms with Crippen LogP contribution >= 0.6 is 11.6 Å². The first-order chi connectivity index (χ1) is 9.81. The number of hydrogen-bond acceptors (Lipinski definition) is 3. The minimum Gasteiger partial charge on any atom is -0.324 e. The summed E-state index contributed by atoms with van der Waals surface area (Å²) in [5, 5.41) is 3.57. The van der Waals surface area contributed by atoms with Crippen molar-refractivity contribution in [1.82, 2.24) is 9.97 Å². The van der Waals surface area contributed by atoms with Gasteiger partial charge in [-0.1, -0.05) is 54.1 Å². The van der Waals surface area contributed by atoms with Gasteiger partial charge in [0.25, 0.3) is 0 Å². The molecule has 0 saturated heterocycles. The Morgan fingerprint density at radius 3 is 2.45 bits per heavy atom. The summed E-state index contributed by atoms with van der Waals surface area (Å²) >= 11 is 5.85. The van der Waals surface area contributed by atoms with Gasteiger partial charge in [-0.15, -0.1) is 0 Å². The van der Waals surface area contributed by atoms with Crippen molar-refractivity contribution in [3.8, 4) is 11.1 Å². The summed E-state index contributed by atoms with van der Waals surface area (Å²) in [6.07, 6.45) is 1.62. The first-order valence-electron chi connectivity index (χ1n) is 6.22. The molecular weight excluding hydrogens is 270 g/mol. The van der Waals surface area contributed by atoms with Crippen molar-refractivity contribution in [2.75, 3.05) is 5.32 Å². The lowest BCUT2D eigenvalue weighted by atomic mass is 10.1. The van der Waals surface area contributed by atoms with Crippen LogP contribution < -0.4 is 5.32 Å². The topological polar surface area (TPSA) is 37.8 Å². The molecule has 1 N–H and O–H groups in total. The highest BCUT2D eigenvalue weighted by molar-refractivity contribution is 6.29. The number of aromatic nitrogens is 2. The van der Waals surface area contributed by atoms with E-state index >= 15 is 0 Å². The fourth-order valence-corrected chi connectivity index (χ4v) is 2.07. The lowest BCUT2D eigenvalue weighted by Gasteiger charge is -2.07. The standard InChI is InChI=1S/C16H12ClN3/c17-15-9-10-18-16(20-15)19-14-8-4-7-13(11-14)12-5-2-1-3-6-12/h1-11H,(H,18,19,20). The number of halogens is 1. The summed E-state index contributed by atoms with van der Waals surface area (Å²) < 4.78 is 0. The molecule has 1 heterocycles. The SMILES string of the molecule is Clc1ccnc(Nc2cccc(-c3ccccc3)c2)n1. The third kappa shape index (κ3) is 2.95. The summed E-state index contributed by atoms with van der Waals surface area (Å²) in [5.74, 6) is 0.489. The van der Waals surface area contributed by atoms with Crippen molar-refractivity contribution in [1.29, 1.82) is 0 Å². The summed E-state index contributed by atoms with van der Waals surface area (Å²) in [4.78, 5) is 8.24. The van der Waals surface area contributed by atoms with Gasteiger partial charge >= 0.3 is 0 Å². The van der Waals surface area contributed by atoms with Crippen LogP contribution in [0.1, 0.15) is 0 Å². The molecule has 0 bridgehead atoms. The zero-order valence-corrected chi connectivity index (χ0v) is 11.4. The Balaban J connectivity index is 1.88. The quantitative estimate of drug-likeness (QED) is 0.716. The summed E-state index contributed by atoms with van der Waals surface area (Å²) in [5.41, 5.74) is 3.23. The lowest BCUT2D eigenvalue weighted by Crippen LogP contribution is -1.96. The fraction of sp³-hybridized carbons (Fsp3) is 0. The van der Waals surface area contributed by atoms with Crippen LogP contribution in [0.3, 0.4) is 0 Å². The highest BCUT2D eigenvalue weighted by Crippen LogP contribution is 2.23. The van der Waals surface area contributed by atoms with Crippen LogP contribution in [0.5, 0.6) is 0 Å². The maximum Gasteiger partial charge on any atom is 0.228 e. The van der Waals surface area contributed by atoms with Crippen molar-refractivity contribution >= 4 is 23.2 Å². The molecule has 0 aliphatic heterocycles. The molecule has 0 fully saturated rings. The molecule has 3 aromatic rings. The number of benzene rings is 2. The van der Waals surface area contributed by atoms with Crippen LogP contribution in [-0.2, 0) is 0 Å². The molecule has 0 atom stereocenters. The molecule has 0 saturated carbocycles. The Morgan fingerprint density at radius 1 is 0.850 bits per heavy atom. The summed E-state index contributed by atoms with van der Waals surface area (Å²) in [6, 6.07) is 19.9. The first kappa shape index (κ1) is 12.6. The van der Waals surface area contributed by atoms with Gasteiger partial charge in [-0.25, -0.2) is 9.97 Å². The molecule has 0 radical (unpaired) electrons. The van der Waals surface area contributed by atoms with Crippen LogP contribution in [0.15, 0.2) is 66.9 Å². The van der Waals surface area contributed by atoms with Crippen LogP contribution in [0, 0.1) is 0 Å². The normalized spacial score (nSPS) is 10.2. The second-order valence-electron chi connectivity index (χ2n) is 4.27. The molecule has 1 aromatic heterocycles. The van der Waals surface area contributed by atoms with Gasteiger partial charge in [0.1, 0.15) is 5.15 Å². The van der Waals surface area contributed by atoms with Crippen LogP contribution in [0.25, 0.3) is 11.1 Å². The fourth-order valence-electron chi connectivity index (χ4n) is 1.93. The van der Waals surface area contributed by atoms with E-state index in [9.17, 15) is 0 Å². The van der Waals surface area contributed by atoms with E-state index in [0.29, 0.717) is 11.1 Å². The largest absolute Gasteiger partial charge is 0.324 e. The van der Waals surface area contributed by atoms with E-state index in [2.05, 4.69) is 39.6 Å². The number of hydrogen-bond donors (Lipinski definition) is 1. The summed E-state index contributed by atoms with van der Waals surface area (Å²) in [6.45, 7) is 0. The Morgan fingerprint density at radius 2 is 1.65 bits per heavy atom. The van der Waals surface area contributed by atoms with Crippen molar-refractivity contribution < 1.29 is 0 Å². The third-order valence-electron chi connectivity index (χ3n) is 2.85. The highest BCUT2D eigenvalue weighted by atomic mass is 35.5. The van der Waals surface area contributed by atoms with E-state index in [1.165, 1.54) is 5.56 Å². The Labute approximate surface area is 122 Å². The first-order valence-corrected chi connectivity index (χ1v) is 6.60. The maximum absolute atomic E-state index is 5.85. The molecule has 0 spiro atoms. The minimum atomic E-state index is 0.418. The van der Waals surface area contributed by atoms with Gasteiger partial charge in [-0.2, -0.15) is 0 Å². The van der Waals surface area contributed by atoms with Crippen LogP contribution in [-0.4, -0.2) is 9.97 Å². The molecular formula is C16H12ClN3. The Kier molecular flexibility index (Phi) is 3.61. The molecule has 20 heavy (non-hydrogen) atoms. The zero-order chi connectivity index (χ0) is 13.8. The van der Waals surface area contributed by atoms with Crippen molar-refractivity contribution in [2.45, 2.75) is 0 Å². The molecule has 0 amide bonds. The van der Waals surface area contributed by atoms with Gasteiger partial charge in [-0.05, 0) is 29.3 Å². The molecule has 4 heteroatoms. The van der Waals surface area contributed by atoms with Gasteiger partial charge in [0.05, 0.1) is 0 Å². The zero-order valence-electron chi connectivity index (χ0n) is 10.6. The predicted molar refractivity (Wildman–Crippen MR) is 82.2 cm³/mol. The molecule has 0 aliphatic carbocycles. The molecule has 0 unspecified atom stereocenters. The van der Waals surface area contributed by atoms with Crippen LogP contribution in [0.2, 0.25) is 5.15 Å². The highest BCUT2D eigenvalue weighted by Gasteiger charge is 2.01. The average molecular weight is 282 g/mol. The van der Waals surface area contributed by atoms with Gasteiger partial charge in [0, 0.05) is 11.9 Å². The molecule has 3 rings (SSSR count).